The zero-order valence-corrected chi connectivity index (χ0v) is 7.06. The summed E-state index contributed by atoms with van der Waals surface area (Å²) in [4.78, 5) is 0. The second-order valence-electron chi connectivity index (χ2n) is 3.07. The molecule has 1 radical (unpaired) electrons. The van der Waals surface area contributed by atoms with Gasteiger partial charge in [-0.15, -0.1) is 0 Å². The Balaban J connectivity index is 3.28. The maximum absolute atomic E-state index is 5.90. The van der Waals surface area contributed by atoms with Crippen LogP contribution in [-0.4, -0.2) is 12.1 Å². The minimum Gasteiger partial charge on any atom is -0.330 e. The summed E-state index contributed by atoms with van der Waals surface area (Å²) in [5.74, 6) is 0. The molecule has 0 aliphatic rings. The lowest BCUT2D eigenvalue weighted by Gasteiger charge is -2.21. The van der Waals surface area contributed by atoms with Crippen molar-refractivity contribution < 1.29 is 0 Å². The number of nitrogens with two attached hydrogens (primary N) is 2. The molecular formula is C8H19N2. The Morgan fingerprint density at radius 1 is 1.50 bits per heavy atom. The summed E-state index contributed by atoms with van der Waals surface area (Å²) in [6, 6.07) is 0. The van der Waals surface area contributed by atoms with Gasteiger partial charge in [0.05, 0.1) is 0 Å². The van der Waals surface area contributed by atoms with Gasteiger partial charge in [0.2, 0.25) is 0 Å². The van der Waals surface area contributed by atoms with Crippen LogP contribution in [-0.2, 0) is 0 Å². The van der Waals surface area contributed by atoms with E-state index < -0.39 is 0 Å². The van der Waals surface area contributed by atoms with E-state index in [1.807, 2.05) is 0 Å². The van der Waals surface area contributed by atoms with E-state index in [0.29, 0.717) is 6.54 Å². The van der Waals surface area contributed by atoms with Gasteiger partial charge in [-0.3, -0.25) is 0 Å². The zero-order chi connectivity index (χ0) is 8.04. The summed E-state index contributed by atoms with van der Waals surface area (Å²) in [6.45, 7) is 4.86. The highest BCUT2D eigenvalue weighted by atomic mass is 14.7. The lowest BCUT2D eigenvalue weighted by Crippen LogP contribution is -2.35. The minimum absolute atomic E-state index is 0.00563. The van der Waals surface area contributed by atoms with E-state index in [9.17, 15) is 0 Å². The van der Waals surface area contributed by atoms with Crippen LogP contribution in [0.15, 0.2) is 0 Å². The van der Waals surface area contributed by atoms with Gasteiger partial charge in [0.15, 0.2) is 0 Å². The fourth-order valence-corrected chi connectivity index (χ4v) is 0.726. The Hall–Kier alpha value is -0.0800. The summed E-state index contributed by atoms with van der Waals surface area (Å²) in [6.07, 6.45) is 5.18. The predicted octanol–water partition coefficient (Wildman–Crippen LogP) is 1.06. The van der Waals surface area contributed by atoms with Gasteiger partial charge in [-0.1, -0.05) is 6.92 Å². The molecule has 0 aliphatic heterocycles. The Morgan fingerprint density at radius 2 is 2.10 bits per heavy atom. The third kappa shape index (κ3) is 4.77. The topological polar surface area (TPSA) is 52.0 Å². The van der Waals surface area contributed by atoms with Gasteiger partial charge in [-0.05, 0) is 39.2 Å². The zero-order valence-electron chi connectivity index (χ0n) is 7.06. The van der Waals surface area contributed by atoms with Gasteiger partial charge in [0.1, 0.15) is 0 Å². The van der Waals surface area contributed by atoms with Crippen LogP contribution >= 0.6 is 0 Å². The van der Waals surface area contributed by atoms with Crippen molar-refractivity contribution in [2.24, 2.45) is 11.5 Å². The summed E-state index contributed by atoms with van der Waals surface area (Å²) >= 11 is 0. The molecule has 2 nitrogen and oxygen atoms in total. The van der Waals surface area contributed by atoms with Gasteiger partial charge in [-0.25, -0.2) is 0 Å². The first-order valence-electron chi connectivity index (χ1n) is 3.93. The molecule has 0 aliphatic carbocycles. The number of rotatable bonds is 5. The van der Waals surface area contributed by atoms with Crippen molar-refractivity contribution in [3.05, 3.63) is 6.42 Å². The molecular weight excluding hydrogens is 124 g/mol. The first kappa shape index (κ1) is 9.92. The average molecular weight is 143 g/mol. The van der Waals surface area contributed by atoms with Gasteiger partial charge in [0, 0.05) is 5.54 Å². The highest BCUT2D eigenvalue weighted by molar-refractivity contribution is 4.79. The lowest BCUT2D eigenvalue weighted by atomic mass is 9.93. The monoisotopic (exact) mass is 143 g/mol. The van der Waals surface area contributed by atoms with Gasteiger partial charge < -0.3 is 11.5 Å². The highest BCUT2D eigenvalue weighted by Gasteiger charge is 2.13. The first-order valence-corrected chi connectivity index (χ1v) is 3.93. The number of unbranched alkanes of at least 4 members (excludes halogenated alkanes) is 1. The standard InChI is InChI=1S/C8H19N2/c1-3-8(2,10)6-4-5-7-9/h5H,3-4,6-7,9-10H2,1-2H3. The first-order chi connectivity index (χ1) is 4.62. The van der Waals surface area contributed by atoms with Crippen molar-refractivity contribution in [2.75, 3.05) is 6.54 Å². The molecule has 4 N–H and O–H groups in total. The molecule has 1 atom stereocenters. The molecule has 0 heterocycles. The molecule has 1 unspecified atom stereocenters. The highest BCUT2D eigenvalue weighted by Crippen LogP contribution is 2.12. The predicted molar refractivity (Wildman–Crippen MR) is 45.5 cm³/mol. The molecule has 0 saturated heterocycles. The summed E-state index contributed by atoms with van der Waals surface area (Å²) in [7, 11) is 0. The SMILES string of the molecule is CCC(C)(N)CC[CH]CN. The molecule has 61 valence electrons. The van der Waals surface area contributed by atoms with Crippen LogP contribution in [0.25, 0.3) is 0 Å². The lowest BCUT2D eigenvalue weighted by molar-refractivity contribution is 0.416. The van der Waals surface area contributed by atoms with Crippen LogP contribution in [0.5, 0.6) is 0 Å². The van der Waals surface area contributed by atoms with Crippen molar-refractivity contribution in [2.45, 2.75) is 38.6 Å². The van der Waals surface area contributed by atoms with Crippen LogP contribution in [0.3, 0.4) is 0 Å². The molecule has 0 aromatic heterocycles. The molecule has 0 fully saturated rings. The van der Waals surface area contributed by atoms with Gasteiger partial charge >= 0.3 is 0 Å². The van der Waals surface area contributed by atoms with E-state index in [1.165, 1.54) is 0 Å². The Bertz CT molecular complexity index is 79.3. The smallest absolute Gasteiger partial charge is 0.0123 e. The molecule has 0 amide bonds. The third-order valence-electron chi connectivity index (χ3n) is 1.89. The third-order valence-corrected chi connectivity index (χ3v) is 1.89. The second kappa shape index (κ2) is 4.69. The van der Waals surface area contributed by atoms with Crippen LogP contribution in [0.4, 0.5) is 0 Å². The van der Waals surface area contributed by atoms with Crippen molar-refractivity contribution >= 4 is 0 Å². The van der Waals surface area contributed by atoms with Gasteiger partial charge in [-0.2, -0.15) is 0 Å². The molecule has 0 spiro atoms. The van der Waals surface area contributed by atoms with Crippen LogP contribution in [0.2, 0.25) is 0 Å². The molecule has 0 saturated carbocycles. The van der Waals surface area contributed by atoms with Crippen LogP contribution < -0.4 is 11.5 Å². The van der Waals surface area contributed by atoms with E-state index in [-0.39, 0.29) is 5.54 Å². The second-order valence-corrected chi connectivity index (χ2v) is 3.07. The number of hydrogen-bond acceptors (Lipinski definition) is 2. The summed E-state index contributed by atoms with van der Waals surface area (Å²) in [5.41, 5.74) is 11.2. The quantitative estimate of drug-likeness (QED) is 0.565. The maximum atomic E-state index is 5.90. The van der Waals surface area contributed by atoms with Crippen LogP contribution in [0, 0.1) is 6.42 Å². The Kier molecular flexibility index (Phi) is 4.65. The molecule has 0 aromatic carbocycles. The molecule has 0 bridgehead atoms. The van der Waals surface area contributed by atoms with Crippen molar-refractivity contribution in [1.29, 1.82) is 0 Å². The molecule has 0 aromatic rings. The van der Waals surface area contributed by atoms with E-state index in [4.69, 9.17) is 11.5 Å². The fraction of sp³-hybridized carbons (Fsp3) is 0.875. The van der Waals surface area contributed by atoms with Crippen molar-refractivity contribution in [3.8, 4) is 0 Å². The summed E-state index contributed by atoms with van der Waals surface area (Å²) in [5, 5.41) is 0. The average Bonchev–Trinajstić information content (AvgIpc) is 1.89. The number of hydrogen-bond donors (Lipinski definition) is 2. The Labute approximate surface area is 64.0 Å². The summed E-state index contributed by atoms with van der Waals surface area (Å²) < 4.78 is 0. The maximum Gasteiger partial charge on any atom is 0.0123 e. The minimum atomic E-state index is 0.00563. The molecule has 2 heteroatoms. The normalized spacial score (nSPS) is 16.8. The largest absolute Gasteiger partial charge is 0.330 e. The van der Waals surface area contributed by atoms with Gasteiger partial charge in [0.25, 0.3) is 0 Å². The fourth-order valence-electron chi connectivity index (χ4n) is 0.726. The van der Waals surface area contributed by atoms with E-state index >= 15 is 0 Å². The molecule has 0 rings (SSSR count). The molecule has 10 heavy (non-hydrogen) atoms. The van der Waals surface area contributed by atoms with Crippen LogP contribution in [0.1, 0.15) is 33.1 Å². The van der Waals surface area contributed by atoms with Crippen molar-refractivity contribution in [1.82, 2.24) is 0 Å². The van der Waals surface area contributed by atoms with E-state index in [1.54, 1.807) is 0 Å². The Morgan fingerprint density at radius 3 is 2.50 bits per heavy atom. The van der Waals surface area contributed by atoms with E-state index in [0.717, 1.165) is 19.3 Å². The van der Waals surface area contributed by atoms with Crippen molar-refractivity contribution in [3.63, 3.8) is 0 Å². The van der Waals surface area contributed by atoms with E-state index in [2.05, 4.69) is 20.3 Å².